The Morgan fingerprint density at radius 3 is 1.68 bits per heavy atom. The molecule has 3 heterocycles. The van der Waals surface area contributed by atoms with Crippen LogP contribution in [0.2, 0.25) is 51.4 Å². The Hall–Kier alpha value is -1.13. The molecule has 0 atom stereocenters. The number of amides is 2. The van der Waals surface area contributed by atoms with Crippen molar-refractivity contribution in [2.75, 3.05) is 13.2 Å². The minimum absolute atomic E-state index is 0.144. The number of aromatic nitrogens is 4. The number of imide groups is 1. The molecule has 2 aromatic heterocycles. The van der Waals surface area contributed by atoms with Crippen LogP contribution in [0.4, 0.5) is 0 Å². The van der Waals surface area contributed by atoms with Crippen LogP contribution in [0.5, 0.6) is 0 Å². The zero-order valence-corrected chi connectivity index (χ0v) is 28.7. The van der Waals surface area contributed by atoms with E-state index in [1.54, 1.807) is 6.20 Å². The summed E-state index contributed by atoms with van der Waals surface area (Å²) < 4.78 is 17.1. The molecule has 9 nitrogen and oxygen atoms in total. The van der Waals surface area contributed by atoms with Gasteiger partial charge in [-0.3, -0.25) is 9.59 Å². The van der Waals surface area contributed by atoms with E-state index in [4.69, 9.17) is 9.47 Å². The van der Waals surface area contributed by atoms with Crippen molar-refractivity contribution in [3.8, 4) is 0 Å². The summed E-state index contributed by atoms with van der Waals surface area (Å²) in [6, 6.07) is 2.43. The maximum atomic E-state index is 10.4. The lowest BCUT2D eigenvalue weighted by atomic mass is 10.4. The van der Waals surface area contributed by atoms with E-state index in [1.807, 2.05) is 35.4 Å². The number of imidazole rings is 2. The molecule has 0 radical (unpaired) electrons. The second-order valence-corrected chi connectivity index (χ2v) is 24.1. The molecule has 210 valence electrons. The van der Waals surface area contributed by atoms with Crippen molar-refractivity contribution in [3.63, 3.8) is 0 Å². The van der Waals surface area contributed by atoms with Gasteiger partial charge in [-0.25, -0.2) is 13.9 Å². The van der Waals surface area contributed by atoms with Gasteiger partial charge in [0.25, 0.3) is 0 Å². The summed E-state index contributed by atoms with van der Waals surface area (Å²) in [5.74, 6) is 1.71. The van der Waals surface area contributed by atoms with Gasteiger partial charge in [0, 0.05) is 60.8 Å². The predicted octanol–water partition coefficient (Wildman–Crippen LogP) is 6.22. The molecule has 1 fully saturated rings. The summed E-state index contributed by atoms with van der Waals surface area (Å²) in [6.07, 6.45) is 6.40. The summed E-state index contributed by atoms with van der Waals surface area (Å²) in [6.45, 7) is 21.1. The summed E-state index contributed by atoms with van der Waals surface area (Å²) in [4.78, 5) is 29.3. The molecular formula is C24H43Br2N5O4Si2. The Balaban J connectivity index is 0.000000290. The van der Waals surface area contributed by atoms with Crippen LogP contribution in [0.3, 0.4) is 0 Å². The number of hydrogen-bond acceptors (Lipinski definition) is 6. The van der Waals surface area contributed by atoms with Gasteiger partial charge in [0.2, 0.25) is 11.8 Å². The Kier molecular flexibility index (Phi) is 14.7. The van der Waals surface area contributed by atoms with Crippen LogP contribution < -0.4 is 0 Å². The standard InChI is InChI=1S/C10H19BrN2OSi.C10H20N2OSi.C4H4BrNO2/c1-9-12-10(11)7-13(9)8-14-5-6-15(2,3)4;1-10-11-5-6-12(10)9-13-7-8-14(2,3)4;5-6-3(7)1-2-4(6)8/h7H,5-6,8H2,1-4H3;5-6H,7-9H2,1-4H3;1-2H2. The van der Waals surface area contributed by atoms with Crippen LogP contribution in [0.15, 0.2) is 23.2 Å². The number of ether oxygens (including phenoxy) is 2. The fourth-order valence-corrected chi connectivity index (χ4v) is 5.14. The Labute approximate surface area is 240 Å². The molecule has 0 unspecified atom stereocenters. The number of rotatable bonds is 10. The van der Waals surface area contributed by atoms with Gasteiger partial charge in [-0.2, -0.15) is 0 Å². The minimum atomic E-state index is -0.963. The number of aryl methyl sites for hydroxylation is 2. The molecule has 0 saturated carbocycles. The smallest absolute Gasteiger partial charge is 0.239 e. The highest BCUT2D eigenvalue weighted by Gasteiger charge is 2.26. The maximum absolute atomic E-state index is 10.4. The normalized spacial score (nSPS) is 13.8. The second kappa shape index (κ2) is 16.1. The van der Waals surface area contributed by atoms with Crippen LogP contribution in [0.1, 0.15) is 24.5 Å². The SMILES string of the molecule is Cc1nc(Br)cn1COCC[Si](C)(C)C.Cc1nccn1COCC[Si](C)(C)C.O=C1CCC(=O)N1Br. The van der Waals surface area contributed by atoms with Crippen molar-refractivity contribution >= 4 is 60.0 Å². The Bertz CT molecular complexity index is 971. The fraction of sp³-hybridized carbons (Fsp3) is 0.667. The van der Waals surface area contributed by atoms with E-state index in [1.165, 1.54) is 12.1 Å². The van der Waals surface area contributed by atoms with E-state index >= 15 is 0 Å². The summed E-state index contributed by atoms with van der Waals surface area (Å²) >= 11 is 6.15. The lowest BCUT2D eigenvalue weighted by Gasteiger charge is -2.15. The topological polar surface area (TPSA) is 91.5 Å². The fourth-order valence-electron chi connectivity index (χ4n) is 2.77. The van der Waals surface area contributed by atoms with Crippen molar-refractivity contribution in [2.45, 2.75) is 91.5 Å². The highest BCUT2D eigenvalue weighted by molar-refractivity contribution is 9.10. The number of halogens is 2. The first kappa shape index (κ1) is 33.9. The van der Waals surface area contributed by atoms with E-state index in [2.05, 4.69) is 81.3 Å². The zero-order chi connectivity index (χ0) is 28.2. The number of carbonyl (C=O) groups excluding carboxylic acids is 2. The number of carbonyl (C=O) groups is 2. The average molecular weight is 682 g/mol. The number of nitrogens with zero attached hydrogens (tertiary/aromatic N) is 5. The maximum Gasteiger partial charge on any atom is 0.239 e. The first-order valence-electron chi connectivity index (χ1n) is 12.4. The molecule has 0 bridgehead atoms. The molecule has 37 heavy (non-hydrogen) atoms. The Morgan fingerprint density at radius 2 is 1.35 bits per heavy atom. The van der Waals surface area contributed by atoms with Crippen molar-refractivity contribution in [1.82, 2.24) is 23.0 Å². The average Bonchev–Trinajstić information content (AvgIpc) is 3.43. The Morgan fingerprint density at radius 1 is 0.865 bits per heavy atom. The van der Waals surface area contributed by atoms with Crippen molar-refractivity contribution < 1.29 is 19.1 Å². The van der Waals surface area contributed by atoms with Gasteiger partial charge < -0.3 is 18.6 Å². The van der Waals surface area contributed by atoms with Gasteiger partial charge >= 0.3 is 0 Å². The van der Waals surface area contributed by atoms with Crippen molar-refractivity contribution in [2.24, 2.45) is 0 Å². The van der Waals surface area contributed by atoms with Crippen LogP contribution in [-0.2, 0) is 32.5 Å². The van der Waals surface area contributed by atoms with Crippen molar-refractivity contribution in [3.05, 3.63) is 34.8 Å². The number of hydrogen-bond donors (Lipinski definition) is 0. The summed E-state index contributed by atoms with van der Waals surface area (Å²) in [5.41, 5.74) is 0. The van der Waals surface area contributed by atoms with Gasteiger partial charge in [0.1, 0.15) is 29.7 Å². The molecule has 0 aromatic carbocycles. The van der Waals surface area contributed by atoms with E-state index in [0.29, 0.717) is 26.3 Å². The first-order valence-corrected chi connectivity index (χ1v) is 21.3. The minimum Gasteiger partial charge on any atom is -0.361 e. The van der Waals surface area contributed by atoms with Crippen LogP contribution in [0.25, 0.3) is 0 Å². The van der Waals surface area contributed by atoms with E-state index < -0.39 is 16.1 Å². The highest BCUT2D eigenvalue weighted by atomic mass is 79.9. The van der Waals surface area contributed by atoms with Crippen LogP contribution in [-0.4, -0.2) is 64.2 Å². The molecule has 3 rings (SSSR count). The largest absolute Gasteiger partial charge is 0.361 e. The highest BCUT2D eigenvalue weighted by Crippen LogP contribution is 2.15. The lowest BCUT2D eigenvalue weighted by Crippen LogP contribution is -2.22. The van der Waals surface area contributed by atoms with Gasteiger partial charge in [-0.1, -0.05) is 39.3 Å². The molecule has 2 amide bonds. The predicted molar refractivity (Wildman–Crippen MR) is 160 cm³/mol. The van der Waals surface area contributed by atoms with Crippen LogP contribution in [0, 0.1) is 13.8 Å². The van der Waals surface area contributed by atoms with Gasteiger partial charge in [0.05, 0.1) is 16.1 Å². The molecular weight excluding hydrogens is 638 g/mol. The van der Waals surface area contributed by atoms with E-state index in [9.17, 15) is 9.59 Å². The van der Waals surface area contributed by atoms with E-state index in [0.717, 1.165) is 33.4 Å². The van der Waals surface area contributed by atoms with Crippen molar-refractivity contribution in [1.29, 1.82) is 0 Å². The van der Waals surface area contributed by atoms with Crippen LogP contribution >= 0.6 is 32.1 Å². The molecule has 0 N–H and O–H groups in total. The molecule has 2 aromatic rings. The third-order valence-corrected chi connectivity index (χ3v) is 9.90. The molecule has 0 spiro atoms. The summed E-state index contributed by atoms with van der Waals surface area (Å²) in [5, 5.41) is 0. The van der Waals surface area contributed by atoms with E-state index in [-0.39, 0.29) is 11.8 Å². The monoisotopic (exact) mass is 679 g/mol. The molecule has 1 saturated heterocycles. The third kappa shape index (κ3) is 15.2. The third-order valence-electron chi connectivity index (χ3n) is 5.31. The lowest BCUT2D eigenvalue weighted by molar-refractivity contribution is -0.131. The molecule has 0 aliphatic carbocycles. The zero-order valence-electron chi connectivity index (χ0n) is 23.5. The van der Waals surface area contributed by atoms with Gasteiger partial charge in [-0.05, 0) is 41.9 Å². The first-order chi connectivity index (χ1) is 17.1. The van der Waals surface area contributed by atoms with Gasteiger partial charge in [0.15, 0.2) is 0 Å². The summed E-state index contributed by atoms with van der Waals surface area (Å²) in [7, 11) is -1.91. The van der Waals surface area contributed by atoms with Gasteiger partial charge in [-0.15, -0.1) is 0 Å². The quantitative estimate of drug-likeness (QED) is 0.128. The molecule has 1 aliphatic heterocycles. The molecule has 13 heteroatoms. The second-order valence-electron chi connectivity index (χ2n) is 11.3. The molecule has 1 aliphatic rings.